The summed E-state index contributed by atoms with van der Waals surface area (Å²) in [5, 5.41) is 0. The first-order chi connectivity index (χ1) is 10.0. The quantitative estimate of drug-likeness (QED) is 0.435. The highest BCUT2D eigenvalue weighted by Gasteiger charge is 2.21. The van der Waals surface area contributed by atoms with Gasteiger partial charge in [-0.3, -0.25) is 4.57 Å². The maximum absolute atomic E-state index is 12.7. The van der Waals surface area contributed by atoms with Crippen LogP contribution < -0.4 is 0 Å². The number of halogens is 1. The molecule has 0 unspecified atom stereocenters. The Morgan fingerprint density at radius 1 is 1.19 bits per heavy atom. The van der Waals surface area contributed by atoms with Crippen LogP contribution in [0, 0.1) is 6.92 Å². The molecule has 3 nitrogen and oxygen atoms in total. The largest absolute Gasteiger partial charge is 0.354 e. The van der Waals surface area contributed by atoms with Crippen molar-refractivity contribution in [3.05, 3.63) is 41.2 Å². The number of aryl methyl sites for hydroxylation is 1. The van der Waals surface area contributed by atoms with Crippen LogP contribution in [0.4, 0.5) is 0 Å². The van der Waals surface area contributed by atoms with Crippen molar-refractivity contribution in [2.75, 3.05) is 19.1 Å². The fourth-order valence-electron chi connectivity index (χ4n) is 1.97. The molecule has 0 aliphatic rings. The third-order valence-electron chi connectivity index (χ3n) is 2.93. The average Bonchev–Trinajstić information content (AvgIpc) is 2.45. The van der Waals surface area contributed by atoms with Crippen molar-refractivity contribution in [1.29, 1.82) is 0 Å². The zero-order valence-electron chi connectivity index (χ0n) is 13.0. The minimum atomic E-state index is -3.20. The van der Waals surface area contributed by atoms with Crippen LogP contribution in [0.25, 0.3) is 5.57 Å². The molecule has 0 radical (unpaired) electrons. The Hall–Kier alpha value is -0.600. The summed E-state index contributed by atoms with van der Waals surface area (Å²) in [7, 11) is -3.20. The van der Waals surface area contributed by atoms with Crippen LogP contribution in [0.5, 0.6) is 0 Å². The number of rotatable bonds is 9. The van der Waals surface area contributed by atoms with E-state index in [1.54, 1.807) is 5.82 Å². The second kappa shape index (κ2) is 9.42. The van der Waals surface area contributed by atoms with E-state index in [2.05, 4.69) is 0 Å². The van der Waals surface area contributed by atoms with Crippen LogP contribution in [0.1, 0.15) is 37.8 Å². The van der Waals surface area contributed by atoms with E-state index in [1.807, 2.05) is 45.0 Å². The number of allylic oxidation sites excluding steroid dienone is 1. The van der Waals surface area contributed by atoms with Gasteiger partial charge in [-0.2, -0.15) is 0 Å². The van der Waals surface area contributed by atoms with Gasteiger partial charge in [-0.05, 0) is 44.7 Å². The molecule has 0 fully saturated rings. The number of alkyl halides is 1. The average molecular weight is 331 g/mol. The molecule has 0 aromatic heterocycles. The number of hydrogen-bond donors (Lipinski definition) is 0. The Morgan fingerprint density at radius 2 is 1.76 bits per heavy atom. The van der Waals surface area contributed by atoms with Crippen molar-refractivity contribution < 1.29 is 13.6 Å². The zero-order valence-corrected chi connectivity index (χ0v) is 14.6. The van der Waals surface area contributed by atoms with Crippen LogP contribution >= 0.6 is 19.2 Å². The molecule has 1 aromatic carbocycles. The van der Waals surface area contributed by atoms with E-state index >= 15 is 0 Å². The Balaban J connectivity index is 3.12. The molecular weight excluding hydrogens is 307 g/mol. The summed E-state index contributed by atoms with van der Waals surface area (Å²) < 4.78 is 23.4. The van der Waals surface area contributed by atoms with Gasteiger partial charge in [0.05, 0.1) is 13.2 Å². The Bertz CT molecular complexity index is 487. The van der Waals surface area contributed by atoms with E-state index < -0.39 is 7.60 Å². The number of benzene rings is 1. The van der Waals surface area contributed by atoms with Crippen LogP contribution in [-0.4, -0.2) is 19.1 Å². The Kier molecular flexibility index (Phi) is 8.28. The van der Waals surface area contributed by atoms with E-state index in [0.29, 0.717) is 19.1 Å². The highest BCUT2D eigenvalue weighted by Crippen LogP contribution is 2.52. The lowest BCUT2D eigenvalue weighted by Crippen LogP contribution is -1.95. The molecule has 5 heteroatoms. The lowest BCUT2D eigenvalue weighted by molar-refractivity contribution is 0.229. The van der Waals surface area contributed by atoms with E-state index in [1.165, 1.54) is 5.56 Å². The smallest absolute Gasteiger partial charge is 0.306 e. The maximum atomic E-state index is 12.7. The molecular formula is C16H24ClO3P. The molecule has 1 aromatic rings. The van der Waals surface area contributed by atoms with Gasteiger partial charge < -0.3 is 9.05 Å². The van der Waals surface area contributed by atoms with Crippen molar-refractivity contribution in [1.82, 2.24) is 0 Å². The third kappa shape index (κ3) is 6.36. The molecule has 0 bridgehead atoms. The highest BCUT2D eigenvalue weighted by atomic mass is 35.5. The van der Waals surface area contributed by atoms with Crippen molar-refractivity contribution in [2.24, 2.45) is 0 Å². The van der Waals surface area contributed by atoms with Gasteiger partial charge in [-0.15, -0.1) is 11.6 Å². The Morgan fingerprint density at radius 3 is 2.24 bits per heavy atom. The summed E-state index contributed by atoms with van der Waals surface area (Å²) in [6, 6.07) is 8.13. The second-order valence-corrected chi connectivity index (χ2v) is 6.92. The molecule has 0 aliphatic heterocycles. The molecule has 0 saturated heterocycles. The standard InChI is InChI=1S/C16H24ClO3P/c1-4-19-21(18,20-5-2)13-16(7-6-12-17)15-10-8-14(3)9-11-15/h8-11,13H,4-7,12H2,1-3H3/b16-13+. The monoisotopic (exact) mass is 330 g/mol. The summed E-state index contributed by atoms with van der Waals surface area (Å²) in [5.74, 6) is 2.22. The van der Waals surface area contributed by atoms with Crippen LogP contribution in [0.15, 0.2) is 30.1 Å². The molecule has 0 atom stereocenters. The van der Waals surface area contributed by atoms with Gasteiger partial charge in [0.1, 0.15) is 0 Å². The fraction of sp³-hybridized carbons (Fsp3) is 0.500. The first kappa shape index (κ1) is 18.4. The highest BCUT2D eigenvalue weighted by molar-refractivity contribution is 7.57. The molecule has 0 amide bonds. The lowest BCUT2D eigenvalue weighted by Gasteiger charge is -2.16. The van der Waals surface area contributed by atoms with Crippen molar-refractivity contribution in [3.63, 3.8) is 0 Å². The molecule has 1 rings (SSSR count). The molecule has 118 valence electrons. The van der Waals surface area contributed by atoms with Gasteiger partial charge >= 0.3 is 7.60 Å². The first-order valence-electron chi connectivity index (χ1n) is 7.28. The predicted molar refractivity (Wildman–Crippen MR) is 90.0 cm³/mol. The normalized spacial score (nSPS) is 12.7. The van der Waals surface area contributed by atoms with Gasteiger partial charge in [-0.25, -0.2) is 0 Å². The molecule has 0 aliphatic carbocycles. The predicted octanol–water partition coefficient (Wildman–Crippen LogP) is 5.62. The van der Waals surface area contributed by atoms with E-state index in [0.717, 1.165) is 24.0 Å². The summed E-state index contributed by atoms with van der Waals surface area (Å²) in [6.45, 7) is 6.36. The maximum Gasteiger partial charge on any atom is 0.354 e. The lowest BCUT2D eigenvalue weighted by atomic mass is 10.0. The summed E-state index contributed by atoms with van der Waals surface area (Å²) >= 11 is 5.79. The van der Waals surface area contributed by atoms with Crippen molar-refractivity contribution in [2.45, 2.75) is 33.6 Å². The zero-order chi connectivity index (χ0) is 15.7. The molecule has 0 heterocycles. The van der Waals surface area contributed by atoms with Crippen molar-refractivity contribution in [3.8, 4) is 0 Å². The minimum absolute atomic E-state index is 0.352. The summed E-state index contributed by atoms with van der Waals surface area (Å²) in [4.78, 5) is 0. The van der Waals surface area contributed by atoms with Gasteiger partial charge in [0.25, 0.3) is 0 Å². The molecule has 0 spiro atoms. The third-order valence-corrected chi connectivity index (χ3v) is 5.07. The van der Waals surface area contributed by atoms with Crippen LogP contribution in [0.2, 0.25) is 0 Å². The summed E-state index contributed by atoms with van der Waals surface area (Å²) in [5.41, 5.74) is 3.18. The second-order valence-electron chi connectivity index (χ2n) is 4.69. The van der Waals surface area contributed by atoms with Crippen LogP contribution in [-0.2, 0) is 13.6 Å². The topological polar surface area (TPSA) is 35.5 Å². The van der Waals surface area contributed by atoms with Crippen molar-refractivity contribution >= 4 is 24.8 Å². The minimum Gasteiger partial charge on any atom is -0.306 e. The van der Waals surface area contributed by atoms with Crippen LogP contribution in [0.3, 0.4) is 0 Å². The SMILES string of the molecule is CCOP(=O)(/C=C(\CCCCl)c1ccc(C)cc1)OCC. The molecule has 0 saturated carbocycles. The van der Waals surface area contributed by atoms with E-state index in [-0.39, 0.29) is 0 Å². The first-order valence-corrected chi connectivity index (χ1v) is 9.42. The fourth-order valence-corrected chi connectivity index (χ4v) is 3.71. The van der Waals surface area contributed by atoms with Gasteiger partial charge in [-0.1, -0.05) is 29.8 Å². The van der Waals surface area contributed by atoms with E-state index in [4.69, 9.17) is 20.6 Å². The molecule has 21 heavy (non-hydrogen) atoms. The van der Waals surface area contributed by atoms with E-state index in [9.17, 15) is 4.57 Å². The van der Waals surface area contributed by atoms with Gasteiger partial charge in [0.15, 0.2) is 0 Å². The number of hydrogen-bond acceptors (Lipinski definition) is 3. The summed E-state index contributed by atoms with van der Waals surface area (Å²) in [6.07, 6.45) is 1.57. The molecule has 0 N–H and O–H groups in total. The van der Waals surface area contributed by atoms with Gasteiger partial charge in [0, 0.05) is 11.7 Å². The van der Waals surface area contributed by atoms with Gasteiger partial charge in [0.2, 0.25) is 0 Å². The Labute approximate surface area is 132 Å².